The molecule has 1 aromatic rings. The molecule has 0 amide bonds. The summed E-state index contributed by atoms with van der Waals surface area (Å²) in [5, 5.41) is 7.99. The third-order valence-corrected chi connectivity index (χ3v) is 3.56. The van der Waals surface area contributed by atoms with Gasteiger partial charge in [0.05, 0.1) is 6.20 Å². The topological polar surface area (TPSA) is 29.9 Å². The molecule has 0 saturated heterocycles. The maximum Gasteiger partial charge on any atom is 0.0524 e. The van der Waals surface area contributed by atoms with Crippen LogP contribution in [-0.2, 0) is 6.54 Å². The molecule has 1 N–H and O–H groups in total. The molecule has 2 atom stereocenters. The van der Waals surface area contributed by atoms with Crippen molar-refractivity contribution in [2.24, 2.45) is 0 Å². The van der Waals surface area contributed by atoms with Gasteiger partial charge in [-0.3, -0.25) is 4.68 Å². The standard InChI is InChI=1S/C13H23N3/c1-3-7-14-13-6-5-11(8-13)12-9-15-16(4-2)10-12/h9-11,13-14H,3-8H2,1-2H3. The number of aromatic nitrogens is 2. The Morgan fingerprint density at radius 2 is 2.31 bits per heavy atom. The minimum Gasteiger partial charge on any atom is -0.314 e. The summed E-state index contributed by atoms with van der Waals surface area (Å²) in [7, 11) is 0. The van der Waals surface area contributed by atoms with Gasteiger partial charge in [-0.1, -0.05) is 6.92 Å². The average molecular weight is 221 g/mol. The molecular weight excluding hydrogens is 198 g/mol. The van der Waals surface area contributed by atoms with E-state index < -0.39 is 0 Å². The predicted molar refractivity (Wildman–Crippen MR) is 66.6 cm³/mol. The fraction of sp³-hybridized carbons (Fsp3) is 0.769. The summed E-state index contributed by atoms with van der Waals surface area (Å²) in [5.41, 5.74) is 1.43. The number of nitrogens with one attached hydrogen (secondary N) is 1. The van der Waals surface area contributed by atoms with Gasteiger partial charge in [0, 0.05) is 18.8 Å². The predicted octanol–water partition coefficient (Wildman–Crippen LogP) is 2.54. The average Bonchev–Trinajstić information content (AvgIpc) is 2.94. The lowest BCUT2D eigenvalue weighted by molar-refractivity contribution is 0.517. The van der Waals surface area contributed by atoms with Gasteiger partial charge in [0.2, 0.25) is 0 Å². The van der Waals surface area contributed by atoms with Crippen LogP contribution < -0.4 is 5.32 Å². The lowest BCUT2D eigenvalue weighted by Gasteiger charge is -2.11. The Labute approximate surface area is 98.2 Å². The quantitative estimate of drug-likeness (QED) is 0.828. The first-order valence-corrected chi connectivity index (χ1v) is 6.59. The van der Waals surface area contributed by atoms with Crippen molar-refractivity contribution in [1.29, 1.82) is 0 Å². The highest BCUT2D eigenvalue weighted by Crippen LogP contribution is 2.34. The number of hydrogen-bond donors (Lipinski definition) is 1. The molecule has 0 bridgehead atoms. The second-order valence-corrected chi connectivity index (χ2v) is 4.79. The molecular formula is C13H23N3. The summed E-state index contributed by atoms with van der Waals surface area (Å²) in [6.07, 6.45) is 9.42. The summed E-state index contributed by atoms with van der Waals surface area (Å²) < 4.78 is 2.03. The van der Waals surface area contributed by atoms with E-state index in [1.54, 1.807) is 0 Å². The van der Waals surface area contributed by atoms with Gasteiger partial charge in [-0.05, 0) is 50.6 Å². The zero-order valence-electron chi connectivity index (χ0n) is 10.4. The van der Waals surface area contributed by atoms with E-state index in [-0.39, 0.29) is 0 Å². The second kappa shape index (κ2) is 5.48. The van der Waals surface area contributed by atoms with Crippen LogP contribution in [0.25, 0.3) is 0 Å². The Bertz CT molecular complexity index is 319. The van der Waals surface area contributed by atoms with Crippen LogP contribution in [0.2, 0.25) is 0 Å². The van der Waals surface area contributed by atoms with Gasteiger partial charge in [0.25, 0.3) is 0 Å². The molecule has 2 unspecified atom stereocenters. The molecule has 0 radical (unpaired) electrons. The van der Waals surface area contributed by atoms with Gasteiger partial charge in [-0.2, -0.15) is 5.10 Å². The van der Waals surface area contributed by atoms with Gasteiger partial charge in [0.15, 0.2) is 0 Å². The Morgan fingerprint density at radius 1 is 1.44 bits per heavy atom. The molecule has 0 spiro atoms. The van der Waals surface area contributed by atoms with Crippen molar-refractivity contribution >= 4 is 0 Å². The molecule has 1 aliphatic rings. The molecule has 0 aromatic carbocycles. The van der Waals surface area contributed by atoms with Crippen LogP contribution in [0.15, 0.2) is 12.4 Å². The minimum absolute atomic E-state index is 0.731. The zero-order chi connectivity index (χ0) is 11.4. The minimum atomic E-state index is 0.731. The molecule has 3 heteroatoms. The number of rotatable bonds is 5. The highest BCUT2D eigenvalue weighted by molar-refractivity contribution is 5.14. The Morgan fingerprint density at radius 3 is 3.00 bits per heavy atom. The molecule has 90 valence electrons. The summed E-state index contributed by atoms with van der Waals surface area (Å²) in [4.78, 5) is 0. The van der Waals surface area contributed by atoms with Gasteiger partial charge < -0.3 is 5.32 Å². The van der Waals surface area contributed by atoms with Crippen LogP contribution in [-0.4, -0.2) is 22.4 Å². The maximum atomic E-state index is 4.36. The van der Waals surface area contributed by atoms with Gasteiger partial charge >= 0.3 is 0 Å². The first-order valence-electron chi connectivity index (χ1n) is 6.59. The van der Waals surface area contributed by atoms with Crippen molar-refractivity contribution in [3.05, 3.63) is 18.0 Å². The Hall–Kier alpha value is -0.830. The van der Waals surface area contributed by atoms with E-state index >= 15 is 0 Å². The lowest BCUT2D eigenvalue weighted by atomic mass is 10.0. The molecule has 2 rings (SSSR count). The van der Waals surface area contributed by atoms with Crippen LogP contribution in [0.5, 0.6) is 0 Å². The smallest absolute Gasteiger partial charge is 0.0524 e. The molecule has 1 fully saturated rings. The normalized spacial score (nSPS) is 25.1. The van der Waals surface area contributed by atoms with Crippen LogP contribution >= 0.6 is 0 Å². The zero-order valence-corrected chi connectivity index (χ0v) is 10.4. The van der Waals surface area contributed by atoms with E-state index in [0.717, 1.165) is 25.0 Å². The first kappa shape index (κ1) is 11.6. The molecule has 1 heterocycles. The number of aryl methyl sites for hydroxylation is 1. The second-order valence-electron chi connectivity index (χ2n) is 4.79. The number of hydrogen-bond acceptors (Lipinski definition) is 2. The Balaban J connectivity index is 1.87. The van der Waals surface area contributed by atoms with Crippen molar-refractivity contribution in [2.45, 2.75) is 58.0 Å². The van der Waals surface area contributed by atoms with Crippen molar-refractivity contribution in [3.8, 4) is 0 Å². The van der Waals surface area contributed by atoms with Crippen molar-refractivity contribution in [1.82, 2.24) is 15.1 Å². The van der Waals surface area contributed by atoms with Crippen LogP contribution in [0.1, 0.15) is 51.0 Å². The third kappa shape index (κ3) is 2.64. The fourth-order valence-corrected chi connectivity index (χ4v) is 2.58. The summed E-state index contributed by atoms with van der Waals surface area (Å²) >= 11 is 0. The molecule has 1 saturated carbocycles. The lowest BCUT2D eigenvalue weighted by Crippen LogP contribution is -2.26. The van der Waals surface area contributed by atoms with Crippen LogP contribution in [0, 0.1) is 0 Å². The fourth-order valence-electron chi connectivity index (χ4n) is 2.58. The highest BCUT2D eigenvalue weighted by atomic mass is 15.3. The largest absolute Gasteiger partial charge is 0.314 e. The van der Waals surface area contributed by atoms with E-state index in [1.165, 1.54) is 31.2 Å². The summed E-state index contributed by atoms with van der Waals surface area (Å²) in [6.45, 7) is 6.50. The molecule has 0 aliphatic heterocycles. The van der Waals surface area contributed by atoms with Crippen molar-refractivity contribution in [3.63, 3.8) is 0 Å². The maximum absolute atomic E-state index is 4.36. The Kier molecular flexibility index (Phi) is 3.99. The number of nitrogens with zero attached hydrogens (tertiary/aromatic N) is 2. The molecule has 16 heavy (non-hydrogen) atoms. The monoisotopic (exact) mass is 221 g/mol. The molecule has 1 aliphatic carbocycles. The van der Waals surface area contributed by atoms with Gasteiger partial charge in [0.1, 0.15) is 0 Å². The van der Waals surface area contributed by atoms with Crippen LogP contribution in [0.4, 0.5) is 0 Å². The van der Waals surface area contributed by atoms with E-state index in [4.69, 9.17) is 0 Å². The van der Waals surface area contributed by atoms with Crippen molar-refractivity contribution < 1.29 is 0 Å². The van der Waals surface area contributed by atoms with Gasteiger partial charge in [-0.15, -0.1) is 0 Å². The van der Waals surface area contributed by atoms with E-state index in [1.807, 2.05) is 4.68 Å². The van der Waals surface area contributed by atoms with E-state index in [9.17, 15) is 0 Å². The van der Waals surface area contributed by atoms with E-state index in [2.05, 4.69) is 36.7 Å². The molecule has 1 aromatic heterocycles. The summed E-state index contributed by atoms with van der Waals surface area (Å²) in [6, 6.07) is 0.731. The van der Waals surface area contributed by atoms with Gasteiger partial charge in [-0.25, -0.2) is 0 Å². The highest BCUT2D eigenvalue weighted by Gasteiger charge is 2.25. The third-order valence-electron chi connectivity index (χ3n) is 3.56. The summed E-state index contributed by atoms with van der Waals surface area (Å²) in [5.74, 6) is 0.731. The first-order chi connectivity index (χ1) is 7.83. The van der Waals surface area contributed by atoms with E-state index in [0.29, 0.717) is 0 Å². The molecule has 3 nitrogen and oxygen atoms in total. The SMILES string of the molecule is CCCNC1CCC(c2cnn(CC)c2)C1. The van der Waals surface area contributed by atoms with Crippen molar-refractivity contribution in [2.75, 3.05) is 6.54 Å². The van der Waals surface area contributed by atoms with Crippen LogP contribution in [0.3, 0.4) is 0 Å².